The molecule has 0 bridgehead atoms. The Bertz CT molecular complexity index is 362. The van der Waals surface area contributed by atoms with Crippen molar-refractivity contribution in [3.8, 4) is 5.75 Å². The molecule has 6 heteroatoms. The number of aliphatic hydroxyl groups is 1. The van der Waals surface area contributed by atoms with Gasteiger partial charge in [0.2, 0.25) is 0 Å². The molecule has 16 heavy (non-hydrogen) atoms. The van der Waals surface area contributed by atoms with E-state index in [0.29, 0.717) is 0 Å². The van der Waals surface area contributed by atoms with Gasteiger partial charge in [-0.15, -0.1) is 0 Å². The molecular weight excluding hydrogens is 228 g/mol. The zero-order valence-electron chi connectivity index (χ0n) is 8.38. The minimum Gasteiger partial charge on any atom is -0.478 e. The van der Waals surface area contributed by atoms with Crippen LogP contribution < -0.4 is 4.74 Å². The molecule has 0 heterocycles. The summed E-state index contributed by atoms with van der Waals surface area (Å²) in [6.07, 6.45) is -6.62. The lowest BCUT2D eigenvalue weighted by molar-refractivity contribution is -0.189. The first-order valence-electron chi connectivity index (χ1n) is 4.47. The molecule has 90 valence electrons. The normalized spacial score (nSPS) is 13.6. The number of ether oxygens (including phenoxy) is 1. The number of hydrogen-bond acceptors (Lipinski definition) is 2. The lowest BCUT2D eigenvalue weighted by Gasteiger charge is -2.18. The standard InChI is InChI=1S/C10H10F4O2/c1-6(10(12,13)14)16-9-3-2-7(5-15)4-8(9)11/h2-4,6,15H,5H2,1H3. The third kappa shape index (κ3) is 3.10. The van der Waals surface area contributed by atoms with Crippen molar-refractivity contribution in [2.24, 2.45) is 0 Å². The van der Waals surface area contributed by atoms with E-state index in [1.54, 1.807) is 0 Å². The van der Waals surface area contributed by atoms with Crippen LogP contribution in [0.3, 0.4) is 0 Å². The molecule has 1 aromatic carbocycles. The summed E-state index contributed by atoms with van der Waals surface area (Å²) in [4.78, 5) is 0. The highest BCUT2D eigenvalue weighted by Gasteiger charge is 2.38. The topological polar surface area (TPSA) is 29.5 Å². The van der Waals surface area contributed by atoms with Crippen LogP contribution in [-0.2, 0) is 6.61 Å². The number of halogens is 4. The van der Waals surface area contributed by atoms with Crippen molar-refractivity contribution >= 4 is 0 Å². The van der Waals surface area contributed by atoms with Crippen molar-refractivity contribution in [2.75, 3.05) is 0 Å². The van der Waals surface area contributed by atoms with Crippen LogP contribution in [0.1, 0.15) is 12.5 Å². The van der Waals surface area contributed by atoms with Crippen LogP contribution in [0.25, 0.3) is 0 Å². The molecule has 0 amide bonds. The summed E-state index contributed by atoms with van der Waals surface area (Å²) in [6, 6.07) is 3.28. The van der Waals surface area contributed by atoms with Crippen molar-refractivity contribution in [1.29, 1.82) is 0 Å². The lowest BCUT2D eigenvalue weighted by atomic mass is 10.2. The molecule has 0 spiro atoms. The van der Waals surface area contributed by atoms with Crippen molar-refractivity contribution in [3.05, 3.63) is 29.6 Å². The second-order valence-corrected chi connectivity index (χ2v) is 3.22. The molecule has 0 fully saturated rings. The van der Waals surface area contributed by atoms with E-state index in [-0.39, 0.29) is 12.2 Å². The molecule has 0 aromatic heterocycles. The van der Waals surface area contributed by atoms with Gasteiger partial charge in [-0.1, -0.05) is 6.07 Å². The zero-order valence-corrected chi connectivity index (χ0v) is 8.38. The molecule has 0 saturated carbocycles. The molecule has 0 aliphatic carbocycles. The van der Waals surface area contributed by atoms with E-state index in [0.717, 1.165) is 19.1 Å². The summed E-state index contributed by atoms with van der Waals surface area (Å²) in [5, 5.41) is 8.68. The van der Waals surface area contributed by atoms with Gasteiger partial charge in [-0.3, -0.25) is 0 Å². The third-order valence-corrected chi connectivity index (χ3v) is 1.94. The number of hydrogen-bond donors (Lipinski definition) is 1. The maximum absolute atomic E-state index is 13.2. The van der Waals surface area contributed by atoms with Crippen LogP contribution in [-0.4, -0.2) is 17.4 Å². The summed E-state index contributed by atoms with van der Waals surface area (Å²) in [7, 11) is 0. The quantitative estimate of drug-likeness (QED) is 0.820. The van der Waals surface area contributed by atoms with Gasteiger partial charge in [0.25, 0.3) is 0 Å². The van der Waals surface area contributed by atoms with E-state index >= 15 is 0 Å². The van der Waals surface area contributed by atoms with Gasteiger partial charge in [-0.25, -0.2) is 4.39 Å². The SMILES string of the molecule is CC(Oc1ccc(CO)cc1F)C(F)(F)F. The summed E-state index contributed by atoms with van der Waals surface area (Å²) in [5.41, 5.74) is 0.268. The van der Waals surface area contributed by atoms with Crippen molar-refractivity contribution in [1.82, 2.24) is 0 Å². The highest BCUT2D eigenvalue weighted by atomic mass is 19.4. The minimum atomic E-state index is -4.54. The fourth-order valence-corrected chi connectivity index (χ4v) is 0.996. The van der Waals surface area contributed by atoms with Gasteiger partial charge < -0.3 is 9.84 Å². The summed E-state index contributed by atoms with van der Waals surface area (Å²) in [6.45, 7) is 0.408. The summed E-state index contributed by atoms with van der Waals surface area (Å²) >= 11 is 0. The second kappa shape index (κ2) is 4.69. The third-order valence-electron chi connectivity index (χ3n) is 1.94. The van der Waals surface area contributed by atoms with Gasteiger partial charge >= 0.3 is 6.18 Å². The first-order valence-corrected chi connectivity index (χ1v) is 4.47. The van der Waals surface area contributed by atoms with E-state index in [1.165, 1.54) is 6.07 Å². The maximum atomic E-state index is 13.2. The number of alkyl halides is 3. The van der Waals surface area contributed by atoms with Crippen LogP contribution in [0.4, 0.5) is 17.6 Å². The van der Waals surface area contributed by atoms with Crippen molar-refractivity contribution < 1.29 is 27.4 Å². The highest BCUT2D eigenvalue weighted by molar-refractivity contribution is 5.29. The molecule has 0 saturated heterocycles. The van der Waals surface area contributed by atoms with E-state index in [2.05, 4.69) is 4.74 Å². The Kier molecular flexibility index (Phi) is 3.74. The Morgan fingerprint density at radius 2 is 2.00 bits per heavy atom. The summed E-state index contributed by atoms with van der Waals surface area (Å²) < 4.78 is 54.0. The van der Waals surface area contributed by atoms with E-state index in [1.807, 2.05) is 0 Å². The van der Waals surface area contributed by atoms with E-state index < -0.39 is 23.8 Å². The fourth-order valence-electron chi connectivity index (χ4n) is 0.996. The number of benzene rings is 1. The molecule has 1 N–H and O–H groups in total. The van der Waals surface area contributed by atoms with Crippen LogP contribution in [0, 0.1) is 5.82 Å². The van der Waals surface area contributed by atoms with Gasteiger partial charge in [0.05, 0.1) is 6.61 Å². The molecule has 1 aromatic rings. The average Bonchev–Trinajstić information content (AvgIpc) is 2.19. The number of aliphatic hydroxyl groups excluding tert-OH is 1. The Morgan fingerprint density at radius 1 is 1.38 bits per heavy atom. The smallest absolute Gasteiger partial charge is 0.425 e. The van der Waals surface area contributed by atoms with Crippen LogP contribution in [0.2, 0.25) is 0 Å². The van der Waals surface area contributed by atoms with Gasteiger partial charge in [0.1, 0.15) is 0 Å². The largest absolute Gasteiger partial charge is 0.478 e. The van der Waals surface area contributed by atoms with Gasteiger partial charge in [0, 0.05) is 0 Å². The lowest BCUT2D eigenvalue weighted by Crippen LogP contribution is -2.31. The molecule has 1 rings (SSSR count). The first-order chi connectivity index (χ1) is 7.34. The number of rotatable bonds is 3. The fraction of sp³-hybridized carbons (Fsp3) is 0.400. The molecule has 0 radical (unpaired) electrons. The van der Waals surface area contributed by atoms with Gasteiger partial charge in [-0.05, 0) is 24.6 Å². The predicted molar refractivity (Wildman–Crippen MR) is 48.5 cm³/mol. The maximum Gasteiger partial charge on any atom is 0.425 e. The van der Waals surface area contributed by atoms with Crippen LogP contribution in [0.15, 0.2) is 18.2 Å². The molecule has 2 nitrogen and oxygen atoms in total. The first kappa shape index (κ1) is 12.8. The molecule has 1 unspecified atom stereocenters. The van der Waals surface area contributed by atoms with E-state index in [9.17, 15) is 17.6 Å². The van der Waals surface area contributed by atoms with Gasteiger partial charge in [0.15, 0.2) is 17.7 Å². The summed E-state index contributed by atoms with van der Waals surface area (Å²) in [5.74, 6) is -1.41. The van der Waals surface area contributed by atoms with Crippen LogP contribution in [0.5, 0.6) is 5.75 Å². The van der Waals surface area contributed by atoms with Crippen molar-refractivity contribution in [2.45, 2.75) is 25.8 Å². The highest BCUT2D eigenvalue weighted by Crippen LogP contribution is 2.26. The predicted octanol–water partition coefficient (Wildman–Crippen LogP) is 2.65. The Morgan fingerprint density at radius 3 is 2.44 bits per heavy atom. The Balaban J connectivity index is 2.82. The Hall–Kier alpha value is -1.30. The van der Waals surface area contributed by atoms with Crippen LogP contribution >= 0.6 is 0 Å². The Labute approximate surface area is 89.5 Å². The minimum absolute atomic E-state index is 0.268. The molecule has 0 aliphatic rings. The van der Waals surface area contributed by atoms with E-state index in [4.69, 9.17) is 5.11 Å². The second-order valence-electron chi connectivity index (χ2n) is 3.22. The zero-order chi connectivity index (χ0) is 12.3. The average molecular weight is 238 g/mol. The molecular formula is C10H10F4O2. The van der Waals surface area contributed by atoms with Crippen molar-refractivity contribution in [3.63, 3.8) is 0 Å². The van der Waals surface area contributed by atoms with Gasteiger partial charge in [-0.2, -0.15) is 13.2 Å². The molecule has 0 aliphatic heterocycles. The monoisotopic (exact) mass is 238 g/mol. The molecule has 1 atom stereocenters.